The molecular formula is C19H30N2O4S. The number of hydrogen-bond donors (Lipinski definition) is 2. The van der Waals surface area contributed by atoms with Gasteiger partial charge in [-0.3, -0.25) is 4.79 Å². The smallest absolute Gasteiger partial charge is 0.224 e. The number of anilines is 1. The Balaban J connectivity index is 1.68. The van der Waals surface area contributed by atoms with Crippen LogP contribution in [0.2, 0.25) is 0 Å². The van der Waals surface area contributed by atoms with Crippen molar-refractivity contribution in [2.75, 3.05) is 18.5 Å². The van der Waals surface area contributed by atoms with Crippen molar-refractivity contribution in [1.82, 2.24) is 4.72 Å². The van der Waals surface area contributed by atoms with E-state index in [4.69, 9.17) is 4.74 Å². The number of hydrogen-bond acceptors (Lipinski definition) is 4. The number of nitrogens with one attached hydrogen (secondary N) is 2. The highest BCUT2D eigenvalue weighted by molar-refractivity contribution is 7.90. The average Bonchev–Trinajstić information content (AvgIpc) is 3.39. The molecule has 0 spiro atoms. The first-order valence-corrected chi connectivity index (χ1v) is 10.8. The summed E-state index contributed by atoms with van der Waals surface area (Å²) < 4.78 is 31.5. The van der Waals surface area contributed by atoms with Crippen molar-refractivity contribution in [3.05, 3.63) is 23.8 Å². The van der Waals surface area contributed by atoms with Crippen molar-refractivity contribution in [3.63, 3.8) is 0 Å². The van der Waals surface area contributed by atoms with Crippen molar-refractivity contribution < 1.29 is 17.9 Å². The summed E-state index contributed by atoms with van der Waals surface area (Å²) in [5.74, 6) is 1.48. The molecule has 1 aromatic rings. The molecule has 0 unspecified atom stereocenters. The Hall–Kier alpha value is -1.60. The van der Waals surface area contributed by atoms with Crippen molar-refractivity contribution >= 4 is 21.6 Å². The summed E-state index contributed by atoms with van der Waals surface area (Å²) in [6, 6.07) is 5.69. The van der Waals surface area contributed by atoms with Crippen molar-refractivity contribution in [1.29, 1.82) is 0 Å². The van der Waals surface area contributed by atoms with E-state index >= 15 is 0 Å². The molecule has 0 heterocycles. The van der Waals surface area contributed by atoms with Crippen LogP contribution in [0.1, 0.15) is 51.5 Å². The third-order valence-corrected chi connectivity index (χ3v) is 6.26. The highest BCUT2D eigenvalue weighted by atomic mass is 32.2. The predicted octanol–water partition coefficient (Wildman–Crippen LogP) is 3.22. The van der Waals surface area contributed by atoms with Crippen LogP contribution in [0.25, 0.3) is 0 Å². The van der Waals surface area contributed by atoms with E-state index in [1.54, 1.807) is 13.8 Å². The van der Waals surface area contributed by atoms with E-state index in [0.29, 0.717) is 31.7 Å². The van der Waals surface area contributed by atoms with Crippen LogP contribution < -0.4 is 14.8 Å². The summed E-state index contributed by atoms with van der Waals surface area (Å²) in [5, 5.41) is 2.47. The lowest BCUT2D eigenvalue weighted by Crippen LogP contribution is -2.31. The van der Waals surface area contributed by atoms with E-state index in [2.05, 4.69) is 10.0 Å². The molecule has 6 nitrogen and oxygen atoms in total. The van der Waals surface area contributed by atoms with Gasteiger partial charge >= 0.3 is 0 Å². The van der Waals surface area contributed by atoms with E-state index in [-0.39, 0.29) is 5.91 Å². The van der Waals surface area contributed by atoms with Gasteiger partial charge in [0.25, 0.3) is 0 Å². The van der Waals surface area contributed by atoms with Gasteiger partial charge in [0.1, 0.15) is 5.75 Å². The van der Waals surface area contributed by atoms with Crippen LogP contribution >= 0.6 is 0 Å². The number of carbonyl (C=O) groups excluding carboxylic acids is 1. The van der Waals surface area contributed by atoms with Crippen LogP contribution in [-0.2, 0) is 14.8 Å². The van der Waals surface area contributed by atoms with Crippen LogP contribution in [0.5, 0.6) is 5.75 Å². The monoisotopic (exact) mass is 382 g/mol. The quantitative estimate of drug-likeness (QED) is 0.576. The number of ether oxygens (including phenoxy) is 1. The van der Waals surface area contributed by atoms with Gasteiger partial charge in [0.15, 0.2) is 0 Å². The number of carbonyl (C=O) groups is 1. The predicted molar refractivity (Wildman–Crippen MR) is 104 cm³/mol. The number of amides is 1. The minimum atomic E-state index is -3.23. The Kier molecular flexibility index (Phi) is 7.46. The first-order valence-electron chi connectivity index (χ1n) is 9.29. The zero-order valence-electron chi connectivity index (χ0n) is 15.9. The average molecular weight is 383 g/mol. The van der Waals surface area contributed by atoms with Crippen LogP contribution in [0.4, 0.5) is 5.69 Å². The Morgan fingerprint density at radius 3 is 2.62 bits per heavy atom. The fourth-order valence-corrected chi connectivity index (χ4v) is 3.13. The molecule has 0 bridgehead atoms. The summed E-state index contributed by atoms with van der Waals surface area (Å²) in [6.45, 7) is 6.35. The Morgan fingerprint density at radius 2 is 2.00 bits per heavy atom. The highest BCUT2D eigenvalue weighted by Crippen LogP contribution is 2.30. The van der Waals surface area contributed by atoms with E-state index in [1.165, 1.54) is 12.8 Å². The third kappa shape index (κ3) is 6.96. The molecule has 1 aliphatic carbocycles. The third-order valence-electron chi connectivity index (χ3n) is 4.41. The molecule has 146 valence electrons. The van der Waals surface area contributed by atoms with Gasteiger partial charge < -0.3 is 10.1 Å². The maximum atomic E-state index is 12.1. The standard InChI is InChI=1S/C19H30N2O4S/c1-14(2)26(23,24)20-11-5-4-6-19(22)21-18-10-9-17(12-15(18)3)25-13-16-7-8-16/h9-10,12,14,16,20H,4-8,11,13H2,1-3H3,(H,21,22). The molecule has 0 atom stereocenters. The van der Waals surface area contributed by atoms with E-state index < -0.39 is 15.3 Å². The van der Waals surface area contributed by atoms with Crippen molar-refractivity contribution in [2.45, 2.75) is 58.1 Å². The number of rotatable bonds is 11. The number of benzene rings is 1. The summed E-state index contributed by atoms with van der Waals surface area (Å²) in [4.78, 5) is 12.1. The van der Waals surface area contributed by atoms with Gasteiger partial charge in [-0.2, -0.15) is 0 Å². The van der Waals surface area contributed by atoms with Crippen LogP contribution in [-0.4, -0.2) is 32.7 Å². The second-order valence-corrected chi connectivity index (χ2v) is 9.55. The van der Waals surface area contributed by atoms with Gasteiger partial charge in [-0.15, -0.1) is 0 Å². The lowest BCUT2D eigenvalue weighted by Gasteiger charge is -2.12. The molecule has 0 saturated heterocycles. The van der Waals surface area contributed by atoms with E-state index in [1.807, 2.05) is 25.1 Å². The van der Waals surface area contributed by atoms with Crippen molar-refractivity contribution in [2.24, 2.45) is 5.92 Å². The lowest BCUT2D eigenvalue weighted by atomic mass is 10.1. The summed E-state index contributed by atoms with van der Waals surface area (Å²) >= 11 is 0. The molecule has 0 aliphatic heterocycles. The maximum Gasteiger partial charge on any atom is 0.224 e. The minimum absolute atomic E-state index is 0.0635. The van der Waals surface area contributed by atoms with Crippen LogP contribution in [0, 0.1) is 12.8 Å². The molecule has 0 aromatic heterocycles. The number of aryl methyl sites for hydroxylation is 1. The fraction of sp³-hybridized carbons (Fsp3) is 0.632. The van der Waals surface area contributed by atoms with Gasteiger partial charge in [0.2, 0.25) is 15.9 Å². The maximum absolute atomic E-state index is 12.1. The van der Waals surface area contributed by atoms with Gasteiger partial charge in [0, 0.05) is 18.7 Å². The van der Waals surface area contributed by atoms with Gasteiger partial charge in [0.05, 0.1) is 11.9 Å². The molecular weight excluding hydrogens is 352 g/mol. The second kappa shape index (κ2) is 9.37. The Morgan fingerprint density at radius 1 is 1.27 bits per heavy atom. The molecule has 1 amide bonds. The Labute approximate surface area is 156 Å². The molecule has 1 fully saturated rings. The first kappa shape index (κ1) is 20.7. The first-order chi connectivity index (χ1) is 12.3. The van der Waals surface area contributed by atoms with E-state index in [9.17, 15) is 13.2 Å². The van der Waals surface area contributed by atoms with E-state index in [0.717, 1.165) is 23.6 Å². The molecule has 1 aromatic carbocycles. The molecule has 2 N–H and O–H groups in total. The SMILES string of the molecule is Cc1cc(OCC2CC2)ccc1NC(=O)CCCCNS(=O)(=O)C(C)C. The van der Waals surface area contributed by atoms with Gasteiger partial charge in [-0.25, -0.2) is 13.1 Å². The molecule has 2 rings (SSSR count). The normalized spacial score (nSPS) is 14.5. The highest BCUT2D eigenvalue weighted by Gasteiger charge is 2.22. The van der Waals surface area contributed by atoms with Gasteiger partial charge in [-0.1, -0.05) is 0 Å². The summed E-state index contributed by atoms with van der Waals surface area (Å²) in [5.41, 5.74) is 1.76. The number of sulfonamides is 1. The summed E-state index contributed by atoms with van der Waals surface area (Å²) in [6.07, 6.45) is 4.14. The molecule has 7 heteroatoms. The lowest BCUT2D eigenvalue weighted by molar-refractivity contribution is -0.116. The summed E-state index contributed by atoms with van der Waals surface area (Å²) in [7, 11) is -3.23. The zero-order chi connectivity index (χ0) is 19.2. The molecule has 26 heavy (non-hydrogen) atoms. The fourth-order valence-electron chi connectivity index (χ4n) is 2.37. The van der Waals surface area contributed by atoms with Crippen LogP contribution in [0.15, 0.2) is 18.2 Å². The largest absolute Gasteiger partial charge is 0.493 e. The second-order valence-electron chi connectivity index (χ2n) is 7.22. The molecule has 0 radical (unpaired) electrons. The van der Waals surface area contributed by atoms with Crippen LogP contribution in [0.3, 0.4) is 0 Å². The Bertz CT molecular complexity index is 712. The molecule has 1 aliphatic rings. The minimum Gasteiger partial charge on any atom is -0.493 e. The van der Waals surface area contributed by atoms with Crippen molar-refractivity contribution in [3.8, 4) is 5.75 Å². The number of unbranched alkanes of at least 4 members (excludes halogenated alkanes) is 1. The molecule has 1 saturated carbocycles. The zero-order valence-corrected chi connectivity index (χ0v) is 16.7. The van der Waals surface area contributed by atoms with Gasteiger partial charge in [-0.05, 0) is 76.1 Å². The topological polar surface area (TPSA) is 84.5 Å².